The number of hydrogen-bond donors (Lipinski definition) is 1. The number of aromatic nitrogens is 3. The third-order valence-corrected chi connectivity index (χ3v) is 5.87. The molecule has 0 fully saturated rings. The van der Waals surface area contributed by atoms with E-state index in [1.165, 1.54) is 0 Å². The molecule has 3 aromatic rings. The Labute approximate surface area is 198 Å². The Hall–Kier alpha value is -2.72. The number of hydrogen-bond acceptors (Lipinski definition) is 5. The van der Waals surface area contributed by atoms with Gasteiger partial charge in [0.15, 0.2) is 11.0 Å². The van der Waals surface area contributed by atoms with Crippen LogP contribution in [0.25, 0.3) is 0 Å². The first kappa shape index (κ1) is 24.9. The summed E-state index contributed by atoms with van der Waals surface area (Å²) >= 11 is 7.05. The van der Waals surface area contributed by atoms with Crippen LogP contribution >= 0.6 is 23.4 Å². The van der Waals surface area contributed by atoms with Gasteiger partial charge >= 0.3 is 6.18 Å². The number of alkyl halides is 3. The first-order valence-corrected chi connectivity index (χ1v) is 11.4. The molecule has 176 valence electrons. The summed E-state index contributed by atoms with van der Waals surface area (Å²) in [5, 5.41) is 11.2. The molecule has 0 aliphatic heterocycles. The number of aryl methyl sites for hydroxylation is 2. The van der Waals surface area contributed by atoms with Gasteiger partial charge in [0.05, 0.1) is 22.0 Å². The molecule has 1 aromatic heterocycles. The van der Waals surface area contributed by atoms with E-state index < -0.39 is 17.6 Å². The van der Waals surface area contributed by atoms with Crippen LogP contribution in [-0.4, -0.2) is 26.4 Å². The molecule has 2 aromatic carbocycles. The van der Waals surface area contributed by atoms with E-state index >= 15 is 0 Å². The van der Waals surface area contributed by atoms with E-state index in [4.69, 9.17) is 16.3 Å². The predicted molar refractivity (Wildman–Crippen MR) is 122 cm³/mol. The molecular weight excluding hydrogens is 477 g/mol. The lowest BCUT2D eigenvalue weighted by molar-refractivity contribution is -0.137. The molecule has 1 N–H and O–H groups in total. The molecule has 0 aliphatic carbocycles. The van der Waals surface area contributed by atoms with Crippen LogP contribution in [-0.2, 0) is 24.1 Å². The van der Waals surface area contributed by atoms with Crippen LogP contribution in [0.5, 0.6) is 5.75 Å². The average Bonchev–Trinajstić information content (AvgIpc) is 3.12. The van der Waals surface area contributed by atoms with Gasteiger partial charge in [-0.05, 0) is 62.2 Å². The summed E-state index contributed by atoms with van der Waals surface area (Å²) in [6.45, 7) is 6.65. The van der Waals surface area contributed by atoms with E-state index in [2.05, 4.69) is 15.5 Å². The molecule has 11 heteroatoms. The summed E-state index contributed by atoms with van der Waals surface area (Å²) in [7, 11) is 0. The van der Waals surface area contributed by atoms with Crippen LogP contribution in [0, 0.1) is 13.8 Å². The molecule has 0 unspecified atom stereocenters. The van der Waals surface area contributed by atoms with Gasteiger partial charge in [0.2, 0.25) is 5.91 Å². The number of benzene rings is 2. The third-order valence-electron chi connectivity index (χ3n) is 4.57. The first-order valence-electron chi connectivity index (χ1n) is 9.99. The van der Waals surface area contributed by atoms with Crippen molar-refractivity contribution in [3.63, 3.8) is 0 Å². The molecule has 33 heavy (non-hydrogen) atoms. The average molecular weight is 499 g/mol. The van der Waals surface area contributed by atoms with Crippen molar-refractivity contribution in [2.75, 3.05) is 11.1 Å². The van der Waals surface area contributed by atoms with Gasteiger partial charge in [0.25, 0.3) is 0 Å². The van der Waals surface area contributed by atoms with Crippen molar-refractivity contribution in [2.24, 2.45) is 0 Å². The van der Waals surface area contributed by atoms with Gasteiger partial charge in [0.1, 0.15) is 12.4 Å². The Morgan fingerprint density at radius 2 is 1.85 bits per heavy atom. The first-order chi connectivity index (χ1) is 15.6. The second-order valence-corrected chi connectivity index (χ2v) is 8.63. The van der Waals surface area contributed by atoms with Crippen LogP contribution in [0.4, 0.5) is 18.9 Å². The van der Waals surface area contributed by atoms with Crippen LogP contribution in [0.2, 0.25) is 5.02 Å². The van der Waals surface area contributed by atoms with Crippen LogP contribution in [0.15, 0.2) is 41.6 Å². The fraction of sp³-hybridized carbons (Fsp3) is 0.318. The van der Waals surface area contributed by atoms with Crippen molar-refractivity contribution in [1.82, 2.24) is 14.8 Å². The zero-order chi connectivity index (χ0) is 24.2. The molecule has 0 radical (unpaired) electrons. The summed E-state index contributed by atoms with van der Waals surface area (Å²) < 4.78 is 46.4. The number of anilines is 1. The number of thioether (sulfide) groups is 1. The Morgan fingerprint density at radius 1 is 1.15 bits per heavy atom. The van der Waals surface area contributed by atoms with Crippen molar-refractivity contribution >= 4 is 35.0 Å². The van der Waals surface area contributed by atoms with Crippen molar-refractivity contribution < 1.29 is 22.7 Å². The second kappa shape index (κ2) is 10.5. The van der Waals surface area contributed by atoms with Crippen LogP contribution < -0.4 is 10.1 Å². The largest absolute Gasteiger partial charge is 0.486 e. The highest BCUT2D eigenvalue weighted by molar-refractivity contribution is 7.99. The number of carbonyl (C=O) groups excluding carboxylic acids is 1. The number of amides is 1. The van der Waals surface area contributed by atoms with Crippen LogP contribution in [0.1, 0.15) is 29.4 Å². The van der Waals surface area contributed by atoms with E-state index in [9.17, 15) is 18.0 Å². The predicted octanol–water partition coefficient (Wildman–Crippen LogP) is 5.90. The molecule has 0 bridgehead atoms. The zero-order valence-electron chi connectivity index (χ0n) is 18.2. The summed E-state index contributed by atoms with van der Waals surface area (Å²) in [5.74, 6) is 0.730. The minimum atomic E-state index is -4.54. The van der Waals surface area contributed by atoms with Crippen molar-refractivity contribution in [3.05, 3.63) is 63.9 Å². The fourth-order valence-corrected chi connectivity index (χ4v) is 4.11. The second-order valence-electron chi connectivity index (χ2n) is 7.28. The Balaban J connectivity index is 1.62. The highest BCUT2D eigenvalue weighted by Gasteiger charge is 2.31. The normalized spacial score (nSPS) is 11.5. The molecule has 1 amide bonds. The molecule has 6 nitrogen and oxygen atoms in total. The maximum absolute atomic E-state index is 12.9. The van der Waals surface area contributed by atoms with Gasteiger partial charge < -0.3 is 14.6 Å². The standard InChI is InChI=1S/C22H22ClF3N4O2S/c1-4-30-19(11-32-16-8-13(2)7-14(3)9-16)28-29-21(30)33-12-20(31)27-18-10-15(22(24,25)26)5-6-17(18)23/h5-10H,4,11-12H2,1-3H3,(H,27,31). The van der Waals surface area contributed by atoms with E-state index in [1.807, 2.05) is 43.5 Å². The lowest BCUT2D eigenvalue weighted by atomic mass is 10.1. The maximum atomic E-state index is 12.9. The Kier molecular flexibility index (Phi) is 7.91. The lowest BCUT2D eigenvalue weighted by Crippen LogP contribution is -2.16. The van der Waals surface area contributed by atoms with Crippen molar-refractivity contribution in [3.8, 4) is 5.75 Å². The number of ether oxygens (including phenoxy) is 1. The van der Waals surface area contributed by atoms with Gasteiger partial charge in [-0.1, -0.05) is 29.4 Å². The van der Waals surface area contributed by atoms with Gasteiger partial charge in [0, 0.05) is 6.54 Å². The van der Waals surface area contributed by atoms with Crippen molar-refractivity contribution in [1.29, 1.82) is 0 Å². The molecule has 0 saturated carbocycles. The minimum absolute atomic E-state index is 0.0175. The Morgan fingerprint density at radius 3 is 2.48 bits per heavy atom. The topological polar surface area (TPSA) is 69.0 Å². The lowest BCUT2D eigenvalue weighted by Gasteiger charge is -2.12. The number of rotatable bonds is 8. The van der Waals surface area contributed by atoms with Crippen molar-refractivity contribution in [2.45, 2.75) is 45.3 Å². The zero-order valence-corrected chi connectivity index (χ0v) is 19.7. The molecule has 0 aliphatic rings. The monoisotopic (exact) mass is 498 g/mol. The van der Waals surface area contributed by atoms with Gasteiger partial charge in [-0.2, -0.15) is 13.2 Å². The molecule has 0 atom stereocenters. The summed E-state index contributed by atoms with van der Waals surface area (Å²) in [6, 6.07) is 8.67. The summed E-state index contributed by atoms with van der Waals surface area (Å²) in [4.78, 5) is 12.3. The molecular formula is C22H22ClF3N4O2S. The molecule has 0 spiro atoms. The highest BCUT2D eigenvalue weighted by Crippen LogP contribution is 2.34. The molecule has 3 rings (SSSR count). The number of nitrogens with one attached hydrogen (secondary N) is 1. The smallest absolute Gasteiger partial charge is 0.416 e. The number of nitrogens with zero attached hydrogens (tertiary/aromatic N) is 3. The van der Waals surface area contributed by atoms with Gasteiger partial charge in [-0.15, -0.1) is 10.2 Å². The van der Waals surface area contributed by atoms with Crippen LogP contribution in [0.3, 0.4) is 0 Å². The van der Waals surface area contributed by atoms with Gasteiger partial charge in [-0.25, -0.2) is 0 Å². The number of carbonyl (C=O) groups is 1. The van der Waals surface area contributed by atoms with E-state index in [-0.39, 0.29) is 23.1 Å². The SMILES string of the molecule is CCn1c(COc2cc(C)cc(C)c2)nnc1SCC(=O)Nc1cc(C(F)(F)F)ccc1Cl. The fourth-order valence-electron chi connectivity index (χ4n) is 3.13. The molecule has 1 heterocycles. The summed E-state index contributed by atoms with van der Waals surface area (Å²) in [6.07, 6.45) is -4.54. The van der Waals surface area contributed by atoms with E-state index in [0.29, 0.717) is 17.5 Å². The van der Waals surface area contributed by atoms with E-state index in [1.54, 1.807) is 0 Å². The Bertz CT molecular complexity index is 1130. The third kappa shape index (κ3) is 6.64. The minimum Gasteiger partial charge on any atom is -0.486 e. The van der Waals surface area contributed by atoms with E-state index in [0.717, 1.165) is 46.8 Å². The maximum Gasteiger partial charge on any atom is 0.416 e. The number of halogens is 4. The highest BCUT2D eigenvalue weighted by atomic mass is 35.5. The molecule has 0 saturated heterocycles. The van der Waals surface area contributed by atoms with Gasteiger partial charge in [-0.3, -0.25) is 4.79 Å². The summed E-state index contributed by atoms with van der Waals surface area (Å²) in [5.41, 5.74) is 1.18. The quantitative estimate of drug-likeness (QED) is 0.392.